The first-order valence-electron chi connectivity index (χ1n) is 7.65. The number of benzene rings is 1. The number of aromatic nitrogens is 1. The Morgan fingerprint density at radius 1 is 1.17 bits per heavy atom. The van der Waals surface area contributed by atoms with Crippen LogP contribution in [0.2, 0.25) is 0 Å². The predicted octanol–water partition coefficient (Wildman–Crippen LogP) is 1.87. The Morgan fingerprint density at radius 3 is 2.62 bits per heavy atom. The summed E-state index contributed by atoms with van der Waals surface area (Å²) in [5, 5.41) is 11.8. The van der Waals surface area contributed by atoms with Gasteiger partial charge in [0.1, 0.15) is 30.5 Å². The van der Waals surface area contributed by atoms with Crippen molar-refractivity contribution in [2.45, 2.75) is 0 Å². The van der Waals surface area contributed by atoms with Gasteiger partial charge in [-0.25, -0.2) is 14.2 Å². The molecule has 122 valence electrons. The molecule has 1 saturated heterocycles. The molecular formula is C17H17FN5O+. The lowest BCUT2D eigenvalue weighted by molar-refractivity contribution is -0.364. The number of halogens is 1. The number of nitrogens with one attached hydrogen (secondary N) is 2. The Labute approximate surface area is 139 Å². The van der Waals surface area contributed by atoms with Gasteiger partial charge in [-0.2, -0.15) is 5.26 Å². The van der Waals surface area contributed by atoms with Crippen molar-refractivity contribution in [3.8, 4) is 6.07 Å². The van der Waals surface area contributed by atoms with Crippen LogP contribution < -0.4 is 15.2 Å². The Balaban J connectivity index is 1.62. The number of H-pyrrole nitrogens is 1. The quantitative estimate of drug-likeness (QED) is 0.915. The maximum atomic E-state index is 13.6. The van der Waals surface area contributed by atoms with Gasteiger partial charge in [0.05, 0.1) is 25.0 Å². The summed E-state index contributed by atoms with van der Waals surface area (Å²) in [7, 11) is 0. The molecule has 1 aromatic heterocycles. The van der Waals surface area contributed by atoms with Crippen molar-refractivity contribution < 1.29 is 14.2 Å². The van der Waals surface area contributed by atoms with E-state index >= 15 is 0 Å². The lowest BCUT2D eigenvalue weighted by Gasteiger charge is -2.31. The minimum atomic E-state index is -0.456. The molecule has 0 unspecified atom stereocenters. The summed E-state index contributed by atoms with van der Waals surface area (Å²) in [5.74, 6) is 0.302. The Bertz CT molecular complexity index is 781. The molecule has 0 saturated carbocycles. The fourth-order valence-corrected chi connectivity index (χ4v) is 2.67. The number of nitriles is 1. The van der Waals surface area contributed by atoms with Crippen molar-refractivity contribution >= 4 is 17.5 Å². The third-order valence-corrected chi connectivity index (χ3v) is 3.95. The zero-order valence-corrected chi connectivity index (χ0v) is 13.0. The molecule has 2 heterocycles. The van der Waals surface area contributed by atoms with E-state index in [0.29, 0.717) is 31.7 Å². The van der Waals surface area contributed by atoms with Gasteiger partial charge in [-0.15, -0.1) is 0 Å². The van der Waals surface area contributed by atoms with Gasteiger partial charge in [-0.05, 0) is 24.3 Å². The summed E-state index contributed by atoms with van der Waals surface area (Å²) in [6, 6.07) is 11.5. The predicted molar refractivity (Wildman–Crippen MR) is 86.9 cm³/mol. The lowest BCUT2D eigenvalue weighted by Crippen LogP contribution is -2.51. The maximum Gasteiger partial charge on any atom is 0.322 e. The first-order chi connectivity index (χ1) is 11.7. The van der Waals surface area contributed by atoms with Crippen molar-refractivity contribution in [3.63, 3.8) is 0 Å². The van der Waals surface area contributed by atoms with E-state index in [0.717, 1.165) is 5.82 Å². The highest BCUT2D eigenvalue weighted by molar-refractivity contribution is 5.89. The molecular weight excluding hydrogens is 309 g/mol. The monoisotopic (exact) mass is 326 g/mol. The maximum absolute atomic E-state index is 13.6. The number of aromatic amines is 1. The number of piperazine rings is 1. The number of amides is 2. The summed E-state index contributed by atoms with van der Waals surface area (Å²) >= 11 is 0. The molecule has 2 aromatic rings. The van der Waals surface area contributed by atoms with Crippen LogP contribution in [0.3, 0.4) is 0 Å². The molecule has 24 heavy (non-hydrogen) atoms. The second-order valence-electron chi connectivity index (χ2n) is 5.43. The standard InChI is InChI=1S/C17H16FN5O/c18-14-5-1-2-6-15(14)21-17(24)23-10-8-22(9-11-23)16-13(12-19)4-3-7-20-16/h1-7H,8-11H2,(H,21,24)/p+1. The number of urea groups is 1. The number of rotatable bonds is 2. The van der Waals surface area contributed by atoms with E-state index < -0.39 is 5.82 Å². The number of hydrogen-bond donors (Lipinski definition) is 1. The zero-order chi connectivity index (χ0) is 16.9. The van der Waals surface area contributed by atoms with Crippen LogP contribution in [-0.2, 0) is 0 Å². The van der Waals surface area contributed by atoms with Gasteiger partial charge in [0, 0.05) is 0 Å². The van der Waals surface area contributed by atoms with Crippen LogP contribution in [0.4, 0.5) is 20.7 Å². The molecule has 0 radical (unpaired) electrons. The Hall–Kier alpha value is -3.14. The average molecular weight is 326 g/mol. The van der Waals surface area contributed by atoms with Gasteiger partial charge in [0.15, 0.2) is 0 Å². The molecule has 3 rings (SSSR count). The smallest absolute Gasteiger partial charge is 0.317 e. The SMILES string of the molecule is N#Cc1ccc[nH+]c1N1CCN(C(=O)Nc2ccccc2F)CC1. The Morgan fingerprint density at radius 2 is 1.92 bits per heavy atom. The molecule has 1 aliphatic rings. The van der Waals surface area contributed by atoms with Crippen LogP contribution in [0.15, 0.2) is 42.6 Å². The fraction of sp³-hybridized carbons (Fsp3) is 0.235. The highest BCUT2D eigenvalue weighted by Crippen LogP contribution is 2.17. The summed E-state index contributed by atoms with van der Waals surface area (Å²) in [4.78, 5) is 19.0. The molecule has 0 bridgehead atoms. The minimum Gasteiger partial charge on any atom is -0.317 e. The summed E-state index contributed by atoms with van der Waals surface area (Å²) in [6.45, 7) is 2.18. The normalized spacial score (nSPS) is 14.2. The minimum absolute atomic E-state index is 0.174. The second-order valence-corrected chi connectivity index (χ2v) is 5.43. The van der Waals surface area contributed by atoms with E-state index in [1.165, 1.54) is 12.1 Å². The van der Waals surface area contributed by atoms with Crippen molar-refractivity contribution in [2.24, 2.45) is 0 Å². The largest absolute Gasteiger partial charge is 0.322 e. The lowest BCUT2D eigenvalue weighted by atomic mass is 10.2. The molecule has 0 aliphatic carbocycles. The number of nitrogens with zero attached hydrogens (tertiary/aromatic N) is 3. The van der Waals surface area contributed by atoms with E-state index in [1.807, 2.05) is 4.90 Å². The number of anilines is 2. The molecule has 1 fully saturated rings. The number of hydrogen-bond acceptors (Lipinski definition) is 3. The van der Waals surface area contributed by atoms with Crippen LogP contribution in [0, 0.1) is 17.1 Å². The van der Waals surface area contributed by atoms with Crippen molar-refractivity contribution in [3.05, 3.63) is 54.0 Å². The van der Waals surface area contributed by atoms with Crippen LogP contribution in [0.5, 0.6) is 0 Å². The van der Waals surface area contributed by atoms with E-state index in [-0.39, 0.29) is 11.7 Å². The molecule has 0 atom stereocenters. The molecule has 1 aromatic carbocycles. The third-order valence-electron chi connectivity index (χ3n) is 3.95. The first kappa shape index (κ1) is 15.7. The number of pyridine rings is 1. The first-order valence-corrected chi connectivity index (χ1v) is 7.65. The summed E-state index contributed by atoms with van der Waals surface area (Å²) < 4.78 is 13.6. The molecule has 2 amide bonds. The van der Waals surface area contributed by atoms with Crippen LogP contribution >= 0.6 is 0 Å². The third kappa shape index (κ3) is 3.27. The van der Waals surface area contributed by atoms with Gasteiger partial charge in [-0.1, -0.05) is 12.1 Å². The number of carbonyl (C=O) groups is 1. The van der Waals surface area contributed by atoms with E-state index in [9.17, 15) is 14.4 Å². The van der Waals surface area contributed by atoms with Crippen molar-refractivity contribution in [2.75, 3.05) is 36.4 Å². The van der Waals surface area contributed by atoms with E-state index in [1.54, 1.807) is 35.4 Å². The highest BCUT2D eigenvalue weighted by Gasteiger charge is 2.28. The summed E-state index contributed by atoms with van der Waals surface area (Å²) in [6.07, 6.45) is 1.77. The Kier molecular flexibility index (Phi) is 4.57. The number of carbonyl (C=O) groups excluding carboxylic acids is 1. The molecule has 0 spiro atoms. The van der Waals surface area contributed by atoms with Gasteiger partial charge in [-0.3, -0.25) is 4.90 Å². The van der Waals surface area contributed by atoms with Gasteiger partial charge >= 0.3 is 6.03 Å². The van der Waals surface area contributed by atoms with Gasteiger partial charge in [0.25, 0.3) is 5.82 Å². The van der Waals surface area contributed by atoms with Crippen LogP contribution in [0.25, 0.3) is 0 Å². The van der Waals surface area contributed by atoms with E-state index in [4.69, 9.17) is 0 Å². The molecule has 6 nitrogen and oxygen atoms in total. The van der Waals surface area contributed by atoms with Gasteiger partial charge in [0.2, 0.25) is 0 Å². The fourth-order valence-electron chi connectivity index (χ4n) is 2.67. The van der Waals surface area contributed by atoms with E-state index in [2.05, 4.69) is 16.4 Å². The van der Waals surface area contributed by atoms with Crippen molar-refractivity contribution in [1.82, 2.24) is 4.90 Å². The zero-order valence-electron chi connectivity index (χ0n) is 13.0. The van der Waals surface area contributed by atoms with Crippen LogP contribution in [-0.4, -0.2) is 37.1 Å². The molecule has 2 N–H and O–H groups in total. The molecule has 1 aliphatic heterocycles. The average Bonchev–Trinajstić information content (AvgIpc) is 2.63. The van der Waals surface area contributed by atoms with Crippen molar-refractivity contribution in [1.29, 1.82) is 5.26 Å². The molecule has 7 heteroatoms. The van der Waals surface area contributed by atoms with Crippen LogP contribution in [0.1, 0.15) is 5.56 Å². The topological polar surface area (TPSA) is 73.5 Å². The highest BCUT2D eigenvalue weighted by atomic mass is 19.1. The second kappa shape index (κ2) is 6.96. The summed E-state index contributed by atoms with van der Waals surface area (Å²) in [5.41, 5.74) is 0.745. The van der Waals surface area contributed by atoms with Gasteiger partial charge < -0.3 is 10.2 Å². The number of para-hydroxylation sites is 1.